The number of aromatic nitrogens is 1. The number of rotatable bonds is 5. The number of carboxylic acids is 1. The molecule has 3 fully saturated rings. The Morgan fingerprint density at radius 3 is 2.54 bits per heavy atom. The number of piperidine rings is 1. The van der Waals surface area contributed by atoms with E-state index in [-0.39, 0.29) is 0 Å². The van der Waals surface area contributed by atoms with Crippen molar-refractivity contribution < 1.29 is 9.90 Å². The summed E-state index contributed by atoms with van der Waals surface area (Å²) in [5.41, 5.74) is 1.84. The molecule has 1 saturated heterocycles. The maximum absolute atomic E-state index is 10.9. The summed E-state index contributed by atoms with van der Waals surface area (Å²) in [6, 6.07) is 0. The van der Waals surface area contributed by atoms with Crippen LogP contribution in [-0.4, -0.2) is 34.0 Å². The third kappa shape index (κ3) is 3.83. The van der Waals surface area contributed by atoms with E-state index < -0.39 is 5.97 Å². The van der Waals surface area contributed by atoms with Gasteiger partial charge in [0.25, 0.3) is 0 Å². The molecule has 0 aromatic carbocycles. The number of carboxylic acid groups (broad SMARTS) is 1. The second kappa shape index (κ2) is 6.75. The number of hydrogen-bond donors (Lipinski definition) is 1. The fraction of sp³-hybridized carbons (Fsp3) is 0.789. The molecule has 2 aliphatic carbocycles. The smallest absolute Gasteiger partial charge is 0.303 e. The Morgan fingerprint density at radius 2 is 1.92 bits per heavy atom. The van der Waals surface area contributed by atoms with Gasteiger partial charge in [-0.2, -0.15) is 0 Å². The average molecular weight is 349 g/mol. The molecular weight excluding hydrogens is 320 g/mol. The molecule has 0 unspecified atom stereocenters. The first kappa shape index (κ1) is 16.5. The Hall–Kier alpha value is -0.940. The zero-order valence-corrected chi connectivity index (χ0v) is 15.2. The molecule has 132 valence electrons. The summed E-state index contributed by atoms with van der Waals surface area (Å²) in [5, 5.41) is 12.5. The number of likely N-dealkylation sites (tertiary alicyclic amines) is 1. The number of carbonyl (C=O) groups is 1. The number of aliphatic carboxylic acids is 1. The van der Waals surface area contributed by atoms with Crippen LogP contribution >= 0.6 is 11.3 Å². The lowest BCUT2D eigenvalue weighted by atomic mass is 9.65. The van der Waals surface area contributed by atoms with E-state index in [4.69, 9.17) is 10.1 Å². The molecule has 1 aromatic rings. The number of nitrogens with zero attached hydrogens (tertiary/aromatic N) is 2. The van der Waals surface area contributed by atoms with E-state index in [1.165, 1.54) is 62.3 Å². The van der Waals surface area contributed by atoms with Crippen LogP contribution < -0.4 is 0 Å². The first-order valence-corrected chi connectivity index (χ1v) is 10.4. The zero-order chi connectivity index (χ0) is 16.6. The minimum absolute atomic E-state index is 0.371. The summed E-state index contributed by atoms with van der Waals surface area (Å²) >= 11 is 1.84. The Morgan fingerprint density at radius 1 is 1.21 bits per heavy atom. The van der Waals surface area contributed by atoms with Gasteiger partial charge in [0.2, 0.25) is 0 Å². The minimum Gasteiger partial charge on any atom is -0.481 e. The lowest BCUT2D eigenvalue weighted by Crippen LogP contribution is -2.41. The largest absolute Gasteiger partial charge is 0.481 e. The average Bonchev–Trinajstić information content (AvgIpc) is 3.32. The molecule has 0 bridgehead atoms. The van der Waals surface area contributed by atoms with Crippen molar-refractivity contribution in [1.29, 1.82) is 0 Å². The molecule has 1 aromatic heterocycles. The van der Waals surface area contributed by atoms with Gasteiger partial charge in [-0.25, -0.2) is 4.98 Å². The van der Waals surface area contributed by atoms with E-state index in [0.717, 1.165) is 25.3 Å². The summed E-state index contributed by atoms with van der Waals surface area (Å²) in [5.74, 6) is 0.558. The third-order valence-corrected chi connectivity index (χ3v) is 7.32. The van der Waals surface area contributed by atoms with Gasteiger partial charge in [-0.15, -0.1) is 11.3 Å². The number of thiazole rings is 1. The summed E-state index contributed by atoms with van der Waals surface area (Å²) in [6.07, 6.45) is 10.3. The van der Waals surface area contributed by atoms with Crippen molar-refractivity contribution in [3.63, 3.8) is 0 Å². The van der Waals surface area contributed by atoms with Crippen LogP contribution in [0.15, 0.2) is 5.38 Å². The van der Waals surface area contributed by atoms with Crippen molar-refractivity contribution in [3.05, 3.63) is 16.1 Å². The van der Waals surface area contributed by atoms with Gasteiger partial charge in [-0.05, 0) is 75.8 Å². The molecule has 1 spiro atoms. The molecule has 0 radical (unpaired) electrons. The van der Waals surface area contributed by atoms with Crippen molar-refractivity contribution in [3.8, 4) is 0 Å². The van der Waals surface area contributed by atoms with E-state index in [9.17, 15) is 4.79 Å². The van der Waals surface area contributed by atoms with Crippen molar-refractivity contribution in [2.24, 2.45) is 11.3 Å². The van der Waals surface area contributed by atoms with E-state index in [1.807, 2.05) is 11.3 Å². The first-order valence-electron chi connectivity index (χ1n) is 9.50. The van der Waals surface area contributed by atoms with E-state index in [2.05, 4.69) is 10.3 Å². The molecule has 1 aliphatic heterocycles. The highest BCUT2D eigenvalue weighted by Gasteiger charge is 2.38. The summed E-state index contributed by atoms with van der Waals surface area (Å²) in [6.45, 7) is 3.39. The SMILES string of the molecule is O=C(O)CC1CCC2(CC1)CCN(Cc1nc(C3CC3)cs1)CC2. The lowest BCUT2D eigenvalue weighted by molar-refractivity contribution is -0.138. The molecule has 4 rings (SSSR count). The molecule has 2 heterocycles. The highest BCUT2D eigenvalue weighted by molar-refractivity contribution is 7.09. The molecule has 2 saturated carbocycles. The van der Waals surface area contributed by atoms with Crippen molar-refractivity contribution in [2.75, 3.05) is 13.1 Å². The van der Waals surface area contributed by atoms with Crippen LogP contribution in [0.25, 0.3) is 0 Å². The topological polar surface area (TPSA) is 53.4 Å². The second-order valence-electron chi connectivity index (χ2n) is 8.26. The minimum atomic E-state index is -0.625. The maximum atomic E-state index is 10.9. The van der Waals surface area contributed by atoms with Crippen LogP contribution in [-0.2, 0) is 11.3 Å². The van der Waals surface area contributed by atoms with Crippen LogP contribution in [0, 0.1) is 11.3 Å². The zero-order valence-electron chi connectivity index (χ0n) is 14.4. The van der Waals surface area contributed by atoms with E-state index in [1.54, 1.807) is 0 Å². The molecule has 1 N–H and O–H groups in total. The number of hydrogen-bond acceptors (Lipinski definition) is 4. The van der Waals surface area contributed by atoms with Gasteiger partial charge in [0.1, 0.15) is 5.01 Å². The van der Waals surface area contributed by atoms with Crippen molar-refractivity contribution in [2.45, 2.75) is 70.3 Å². The predicted octanol–water partition coefficient (Wildman–Crippen LogP) is 4.27. The molecule has 0 atom stereocenters. The standard InChI is InChI=1S/C19H28N2O2S/c22-18(23)11-14-3-5-19(6-4-14)7-9-21(10-8-19)12-17-20-16(13-24-17)15-1-2-15/h13-15H,1-12H2,(H,22,23). The Kier molecular flexibility index (Phi) is 4.65. The first-order chi connectivity index (χ1) is 11.6. The predicted molar refractivity (Wildman–Crippen MR) is 95.2 cm³/mol. The van der Waals surface area contributed by atoms with Gasteiger partial charge in [0.15, 0.2) is 0 Å². The van der Waals surface area contributed by atoms with Crippen LogP contribution in [0.1, 0.15) is 74.4 Å². The Bertz CT molecular complexity index is 578. The Labute approximate surface area is 148 Å². The fourth-order valence-corrected chi connectivity index (χ4v) is 5.50. The van der Waals surface area contributed by atoms with Crippen LogP contribution in [0.3, 0.4) is 0 Å². The van der Waals surface area contributed by atoms with Gasteiger partial charge < -0.3 is 5.11 Å². The lowest BCUT2D eigenvalue weighted by Gasteiger charge is -2.45. The third-order valence-electron chi connectivity index (χ3n) is 6.47. The maximum Gasteiger partial charge on any atom is 0.303 e. The second-order valence-corrected chi connectivity index (χ2v) is 9.20. The fourth-order valence-electron chi connectivity index (χ4n) is 4.58. The summed E-state index contributed by atoms with van der Waals surface area (Å²) in [7, 11) is 0. The van der Waals surface area contributed by atoms with Crippen LogP contribution in [0.4, 0.5) is 0 Å². The monoisotopic (exact) mass is 348 g/mol. The molecule has 24 heavy (non-hydrogen) atoms. The molecule has 0 amide bonds. The van der Waals surface area contributed by atoms with Gasteiger partial charge in [0.05, 0.1) is 12.2 Å². The normalized spacial score (nSPS) is 25.2. The van der Waals surface area contributed by atoms with Gasteiger partial charge in [-0.3, -0.25) is 9.69 Å². The molecular formula is C19H28N2O2S. The van der Waals surface area contributed by atoms with Crippen LogP contribution in [0.5, 0.6) is 0 Å². The van der Waals surface area contributed by atoms with Gasteiger partial charge in [-0.1, -0.05) is 0 Å². The molecule has 4 nitrogen and oxygen atoms in total. The van der Waals surface area contributed by atoms with Gasteiger partial charge >= 0.3 is 5.97 Å². The highest BCUT2D eigenvalue weighted by Crippen LogP contribution is 2.47. The Balaban J connectivity index is 1.25. The molecule has 3 aliphatic rings. The summed E-state index contributed by atoms with van der Waals surface area (Å²) in [4.78, 5) is 18.3. The van der Waals surface area contributed by atoms with E-state index in [0.29, 0.717) is 17.8 Å². The van der Waals surface area contributed by atoms with Gasteiger partial charge in [0, 0.05) is 17.7 Å². The quantitative estimate of drug-likeness (QED) is 0.863. The van der Waals surface area contributed by atoms with E-state index >= 15 is 0 Å². The summed E-state index contributed by atoms with van der Waals surface area (Å²) < 4.78 is 0. The van der Waals surface area contributed by atoms with Crippen molar-refractivity contribution >= 4 is 17.3 Å². The molecule has 5 heteroatoms. The van der Waals surface area contributed by atoms with Crippen LogP contribution in [0.2, 0.25) is 0 Å². The van der Waals surface area contributed by atoms with Crippen molar-refractivity contribution in [1.82, 2.24) is 9.88 Å². The highest BCUT2D eigenvalue weighted by atomic mass is 32.1.